The third kappa shape index (κ3) is 3.96. The van der Waals surface area contributed by atoms with Crippen LogP contribution in [0.4, 0.5) is 4.39 Å². The molecule has 1 aliphatic carbocycles. The van der Waals surface area contributed by atoms with Crippen LogP contribution in [-0.2, 0) is 0 Å². The van der Waals surface area contributed by atoms with Crippen LogP contribution < -0.4 is 4.74 Å². The van der Waals surface area contributed by atoms with E-state index in [2.05, 4.69) is 15.2 Å². The number of pyridine rings is 1. The molecule has 2 atom stereocenters. The molecule has 4 rings (SSSR count). The van der Waals surface area contributed by atoms with Gasteiger partial charge in [0.2, 0.25) is 5.88 Å². The van der Waals surface area contributed by atoms with Gasteiger partial charge in [-0.2, -0.15) is 0 Å². The van der Waals surface area contributed by atoms with Crippen LogP contribution in [0.15, 0.2) is 48.8 Å². The number of rotatable bonds is 4. The van der Waals surface area contributed by atoms with Gasteiger partial charge in [-0.25, -0.2) is 4.39 Å². The summed E-state index contributed by atoms with van der Waals surface area (Å²) in [5.41, 5.74) is 3.96. The van der Waals surface area contributed by atoms with Crippen LogP contribution in [0.1, 0.15) is 31.2 Å². The standard InChI is InChI=1S/C22H22FN3O2/c1-14-10-16(13-24-12-14)15-6-7-17(20(27)11-15)19-8-9-22(26-25-19)28-21-5-3-2-4-18(21)23/h6-13,18,21,27H,2-5H2,1H3/t18-,21+/m1/s1. The van der Waals surface area contributed by atoms with E-state index in [1.165, 1.54) is 0 Å². The summed E-state index contributed by atoms with van der Waals surface area (Å²) in [5, 5.41) is 18.7. The Labute approximate surface area is 163 Å². The van der Waals surface area contributed by atoms with E-state index in [1.807, 2.05) is 19.1 Å². The van der Waals surface area contributed by atoms with Gasteiger partial charge in [-0.1, -0.05) is 12.5 Å². The molecule has 0 spiro atoms. The summed E-state index contributed by atoms with van der Waals surface area (Å²) in [5.74, 6) is 0.415. The molecule has 28 heavy (non-hydrogen) atoms. The minimum Gasteiger partial charge on any atom is -0.507 e. The average Bonchev–Trinajstić information content (AvgIpc) is 2.70. The molecule has 1 aliphatic rings. The van der Waals surface area contributed by atoms with Crippen molar-refractivity contribution in [2.24, 2.45) is 0 Å². The second-order valence-electron chi connectivity index (χ2n) is 7.20. The summed E-state index contributed by atoms with van der Waals surface area (Å²) in [6.45, 7) is 1.97. The quantitative estimate of drug-likeness (QED) is 0.700. The van der Waals surface area contributed by atoms with Gasteiger partial charge in [0.05, 0.1) is 5.69 Å². The first kappa shape index (κ1) is 18.3. The number of alkyl halides is 1. The van der Waals surface area contributed by atoms with Gasteiger partial charge in [-0.05, 0) is 61.6 Å². The van der Waals surface area contributed by atoms with Crippen molar-refractivity contribution in [1.82, 2.24) is 15.2 Å². The third-order valence-electron chi connectivity index (χ3n) is 5.02. The maximum atomic E-state index is 13.9. The second-order valence-corrected chi connectivity index (χ2v) is 7.20. The minimum absolute atomic E-state index is 0.109. The van der Waals surface area contributed by atoms with E-state index >= 15 is 0 Å². The molecule has 0 amide bonds. The zero-order valence-corrected chi connectivity index (χ0v) is 15.7. The molecule has 1 N–H and O–H groups in total. The monoisotopic (exact) mass is 379 g/mol. The summed E-state index contributed by atoms with van der Waals surface area (Å²) in [6, 6.07) is 10.8. The predicted octanol–water partition coefficient (Wildman–Crippen LogP) is 4.88. The van der Waals surface area contributed by atoms with Crippen molar-refractivity contribution in [3.05, 3.63) is 54.4 Å². The molecule has 0 aliphatic heterocycles. The van der Waals surface area contributed by atoms with E-state index in [0.717, 1.165) is 29.5 Å². The molecule has 0 saturated heterocycles. The fourth-order valence-corrected chi connectivity index (χ4v) is 3.51. The molecule has 0 unspecified atom stereocenters. The van der Waals surface area contributed by atoms with Crippen molar-refractivity contribution in [3.63, 3.8) is 0 Å². The fraction of sp³-hybridized carbons (Fsp3) is 0.318. The molecule has 144 valence electrons. The van der Waals surface area contributed by atoms with Gasteiger partial charge in [0.15, 0.2) is 0 Å². The lowest BCUT2D eigenvalue weighted by Gasteiger charge is -2.25. The minimum atomic E-state index is -0.956. The largest absolute Gasteiger partial charge is 0.507 e. The third-order valence-corrected chi connectivity index (χ3v) is 5.02. The Balaban J connectivity index is 1.52. The second kappa shape index (κ2) is 7.92. The molecular formula is C22H22FN3O2. The van der Waals surface area contributed by atoms with Gasteiger partial charge in [0.25, 0.3) is 0 Å². The Morgan fingerprint density at radius 2 is 1.86 bits per heavy atom. The highest BCUT2D eigenvalue weighted by Crippen LogP contribution is 2.33. The number of ether oxygens (including phenoxy) is 1. The number of aryl methyl sites for hydroxylation is 1. The van der Waals surface area contributed by atoms with E-state index in [1.54, 1.807) is 36.7 Å². The van der Waals surface area contributed by atoms with Crippen molar-refractivity contribution in [2.75, 3.05) is 0 Å². The average molecular weight is 379 g/mol. The summed E-state index contributed by atoms with van der Waals surface area (Å²) in [7, 11) is 0. The van der Waals surface area contributed by atoms with E-state index in [-0.39, 0.29) is 5.75 Å². The molecule has 5 nitrogen and oxygen atoms in total. The summed E-state index contributed by atoms with van der Waals surface area (Å²) in [4.78, 5) is 4.19. The molecule has 1 aromatic carbocycles. The lowest BCUT2D eigenvalue weighted by atomic mass is 9.96. The molecule has 2 aromatic heterocycles. The highest BCUT2D eigenvalue weighted by Gasteiger charge is 2.26. The number of phenolic OH excluding ortho intramolecular Hbond substituents is 1. The molecule has 3 aromatic rings. The number of phenols is 1. The van der Waals surface area contributed by atoms with Crippen LogP contribution in [-0.4, -0.2) is 32.6 Å². The number of hydrogen-bond donors (Lipinski definition) is 1. The normalized spacial score (nSPS) is 19.4. The van der Waals surface area contributed by atoms with Crippen molar-refractivity contribution < 1.29 is 14.2 Å². The van der Waals surface area contributed by atoms with E-state index in [9.17, 15) is 9.50 Å². The highest BCUT2D eigenvalue weighted by atomic mass is 19.1. The van der Waals surface area contributed by atoms with Crippen molar-refractivity contribution in [3.8, 4) is 34.0 Å². The van der Waals surface area contributed by atoms with Gasteiger partial charge in [-0.3, -0.25) is 4.98 Å². The Kier molecular flexibility index (Phi) is 5.19. The Morgan fingerprint density at radius 3 is 2.57 bits per heavy atom. The molecular weight excluding hydrogens is 357 g/mol. The number of halogens is 1. The summed E-state index contributed by atoms with van der Waals surface area (Å²) < 4.78 is 19.6. The molecule has 0 radical (unpaired) electrons. The first-order valence-corrected chi connectivity index (χ1v) is 9.50. The van der Waals surface area contributed by atoms with Crippen molar-refractivity contribution in [1.29, 1.82) is 0 Å². The van der Waals surface area contributed by atoms with Crippen LogP contribution in [0.3, 0.4) is 0 Å². The van der Waals surface area contributed by atoms with E-state index < -0.39 is 12.3 Å². The number of nitrogens with zero attached hydrogens (tertiary/aromatic N) is 3. The van der Waals surface area contributed by atoms with E-state index in [4.69, 9.17) is 4.74 Å². The van der Waals surface area contributed by atoms with Crippen molar-refractivity contribution >= 4 is 0 Å². The van der Waals surface area contributed by atoms with Gasteiger partial charge < -0.3 is 9.84 Å². The number of aromatic hydroxyl groups is 1. The summed E-state index contributed by atoms with van der Waals surface area (Å²) >= 11 is 0. The number of aromatic nitrogens is 3. The zero-order chi connectivity index (χ0) is 19.5. The molecule has 6 heteroatoms. The lowest BCUT2D eigenvalue weighted by molar-refractivity contribution is 0.0594. The molecule has 2 heterocycles. The maximum Gasteiger partial charge on any atom is 0.233 e. The molecule has 1 saturated carbocycles. The summed E-state index contributed by atoms with van der Waals surface area (Å²) in [6.07, 6.45) is 5.24. The Bertz CT molecular complexity index is 962. The number of hydrogen-bond acceptors (Lipinski definition) is 5. The van der Waals surface area contributed by atoms with Crippen LogP contribution in [0.25, 0.3) is 22.4 Å². The van der Waals surface area contributed by atoms with E-state index in [0.29, 0.717) is 30.0 Å². The first-order chi connectivity index (χ1) is 13.6. The smallest absolute Gasteiger partial charge is 0.233 e. The molecule has 0 bridgehead atoms. The fourth-order valence-electron chi connectivity index (χ4n) is 3.51. The maximum absolute atomic E-state index is 13.9. The van der Waals surface area contributed by atoms with Gasteiger partial charge in [-0.15, -0.1) is 10.2 Å². The Morgan fingerprint density at radius 1 is 1.00 bits per heavy atom. The lowest BCUT2D eigenvalue weighted by Crippen LogP contribution is -2.32. The van der Waals surface area contributed by atoms with Gasteiger partial charge in [0, 0.05) is 29.6 Å². The highest BCUT2D eigenvalue weighted by molar-refractivity contribution is 5.74. The van der Waals surface area contributed by atoms with Crippen LogP contribution in [0.5, 0.6) is 11.6 Å². The molecule has 1 fully saturated rings. The van der Waals surface area contributed by atoms with Crippen LogP contribution in [0.2, 0.25) is 0 Å². The van der Waals surface area contributed by atoms with Crippen LogP contribution in [0, 0.1) is 6.92 Å². The topological polar surface area (TPSA) is 68.1 Å². The SMILES string of the molecule is Cc1cncc(-c2ccc(-c3ccc(O[C@H]4CCCC[C@H]4F)nn3)c(O)c2)c1. The Hall–Kier alpha value is -3.02. The predicted molar refractivity (Wildman–Crippen MR) is 105 cm³/mol. The van der Waals surface area contributed by atoms with Gasteiger partial charge >= 0.3 is 0 Å². The first-order valence-electron chi connectivity index (χ1n) is 9.50. The van der Waals surface area contributed by atoms with Crippen LogP contribution >= 0.6 is 0 Å². The van der Waals surface area contributed by atoms with Gasteiger partial charge in [0.1, 0.15) is 18.0 Å². The van der Waals surface area contributed by atoms with Crippen molar-refractivity contribution in [2.45, 2.75) is 44.9 Å². The zero-order valence-electron chi connectivity index (χ0n) is 15.7. The number of benzene rings is 1.